The maximum Gasteiger partial charge on any atom is 0.144 e. The standard InChI is InChI=1S/C11H13BrN4S/c1-3-4-8-9(12)11(17)15-10(14-8)7-5-13-16(2)6-7/h5-6H,3-4H2,1-2H3,(H,14,15,17). The Hall–Kier alpha value is -1.01. The predicted molar refractivity (Wildman–Crippen MR) is 73.3 cm³/mol. The molecule has 0 saturated carbocycles. The third-order valence-corrected chi connectivity index (χ3v) is 3.83. The van der Waals surface area contributed by atoms with Crippen LogP contribution in [0.1, 0.15) is 19.0 Å². The Morgan fingerprint density at radius 3 is 2.88 bits per heavy atom. The second-order valence-electron chi connectivity index (χ2n) is 3.84. The van der Waals surface area contributed by atoms with Gasteiger partial charge in [-0.1, -0.05) is 25.6 Å². The number of hydrogen-bond acceptors (Lipinski definition) is 3. The Bertz CT molecular complexity index is 587. The van der Waals surface area contributed by atoms with Crippen molar-refractivity contribution in [1.29, 1.82) is 0 Å². The maximum atomic E-state index is 5.24. The second-order valence-corrected chi connectivity index (χ2v) is 5.02. The van der Waals surface area contributed by atoms with Gasteiger partial charge in [-0.2, -0.15) is 5.10 Å². The van der Waals surface area contributed by atoms with Gasteiger partial charge in [0, 0.05) is 18.9 Å². The van der Waals surface area contributed by atoms with Crippen LogP contribution in [0.4, 0.5) is 0 Å². The zero-order chi connectivity index (χ0) is 12.4. The lowest BCUT2D eigenvalue weighted by Gasteiger charge is -2.06. The van der Waals surface area contributed by atoms with E-state index in [0.29, 0.717) is 4.64 Å². The average molecular weight is 313 g/mol. The molecule has 17 heavy (non-hydrogen) atoms. The fourth-order valence-electron chi connectivity index (χ4n) is 1.61. The van der Waals surface area contributed by atoms with Crippen LogP contribution in [-0.4, -0.2) is 19.7 Å². The van der Waals surface area contributed by atoms with Crippen LogP contribution in [0, 0.1) is 4.64 Å². The minimum Gasteiger partial charge on any atom is -0.342 e. The normalized spacial score (nSPS) is 10.8. The molecule has 2 heterocycles. The lowest BCUT2D eigenvalue weighted by Crippen LogP contribution is -1.98. The zero-order valence-electron chi connectivity index (χ0n) is 9.70. The summed E-state index contributed by atoms with van der Waals surface area (Å²) in [6, 6.07) is 0. The van der Waals surface area contributed by atoms with E-state index < -0.39 is 0 Å². The fraction of sp³-hybridized carbons (Fsp3) is 0.364. The van der Waals surface area contributed by atoms with Gasteiger partial charge in [-0.3, -0.25) is 4.68 Å². The Balaban J connectivity index is 2.52. The van der Waals surface area contributed by atoms with Gasteiger partial charge in [0.15, 0.2) is 0 Å². The topological polar surface area (TPSA) is 46.5 Å². The molecule has 0 amide bonds. The second kappa shape index (κ2) is 5.10. The van der Waals surface area contributed by atoms with Gasteiger partial charge in [-0.05, 0) is 22.4 Å². The highest BCUT2D eigenvalue weighted by Gasteiger charge is 2.08. The van der Waals surface area contributed by atoms with E-state index in [1.54, 1.807) is 10.9 Å². The van der Waals surface area contributed by atoms with Crippen LogP contribution in [0.3, 0.4) is 0 Å². The lowest BCUT2D eigenvalue weighted by atomic mass is 10.2. The van der Waals surface area contributed by atoms with E-state index in [1.807, 2.05) is 13.2 Å². The number of nitrogens with zero attached hydrogens (tertiary/aromatic N) is 3. The predicted octanol–water partition coefficient (Wildman–Crippen LogP) is 3.25. The van der Waals surface area contributed by atoms with Crippen molar-refractivity contribution in [2.75, 3.05) is 0 Å². The van der Waals surface area contributed by atoms with Crippen molar-refractivity contribution >= 4 is 28.1 Å². The summed E-state index contributed by atoms with van der Waals surface area (Å²) < 4.78 is 3.23. The van der Waals surface area contributed by atoms with Crippen molar-refractivity contribution in [2.24, 2.45) is 7.05 Å². The van der Waals surface area contributed by atoms with Crippen molar-refractivity contribution in [3.05, 3.63) is 27.2 Å². The molecule has 0 spiro atoms. The van der Waals surface area contributed by atoms with Gasteiger partial charge in [-0.15, -0.1) is 0 Å². The summed E-state index contributed by atoms with van der Waals surface area (Å²) in [5.41, 5.74) is 2.04. The monoisotopic (exact) mass is 312 g/mol. The summed E-state index contributed by atoms with van der Waals surface area (Å²) in [7, 11) is 1.88. The van der Waals surface area contributed by atoms with Gasteiger partial charge in [0.25, 0.3) is 0 Å². The van der Waals surface area contributed by atoms with Gasteiger partial charge >= 0.3 is 0 Å². The van der Waals surface area contributed by atoms with E-state index in [1.165, 1.54) is 0 Å². The third kappa shape index (κ3) is 2.63. The SMILES string of the molecule is CCCc1[nH]c(-c2cnn(C)c2)nc(=S)c1Br. The Kier molecular flexibility index (Phi) is 3.73. The minimum atomic E-state index is 0.589. The molecule has 0 saturated heterocycles. The van der Waals surface area contributed by atoms with Crippen LogP contribution in [0.15, 0.2) is 16.9 Å². The molecule has 0 unspecified atom stereocenters. The smallest absolute Gasteiger partial charge is 0.144 e. The molecule has 1 N–H and O–H groups in total. The number of nitrogens with one attached hydrogen (secondary N) is 1. The summed E-state index contributed by atoms with van der Waals surface area (Å²) in [6.45, 7) is 2.13. The van der Waals surface area contributed by atoms with Gasteiger partial charge in [0.1, 0.15) is 10.5 Å². The Labute approximate surface area is 113 Å². The van der Waals surface area contributed by atoms with Crippen molar-refractivity contribution in [3.8, 4) is 11.4 Å². The number of H-pyrrole nitrogens is 1. The summed E-state index contributed by atoms with van der Waals surface area (Å²) in [5.74, 6) is 0.773. The molecule has 0 aliphatic heterocycles. The van der Waals surface area contributed by atoms with Crippen molar-refractivity contribution < 1.29 is 0 Å². The number of aromatic amines is 1. The third-order valence-electron chi connectivity index (χ3n) is 2.41. The molecule has 0 aromatic carbocycles. The summed E-state index contributed by atoms with van der Waals surface area (Å²) in [4.78, 5) is 7.66. The van der Waals surface area contributed by atoms with Crippen LogP contribution in [-0.2, 0) is 13.5 Å². The molecule has 4 nitrogen and oxygen atoms in total. The fourth-order valence-corrected chi connectivity index (χ4v) is 2.21. The van der Waals surface area contributed by atoms with E-state index in [-0.39, 0.29) is 0 Å². The van der Waals surface area contributed by atoms with Gasteiger partial charge in [-0.25, -0.2) is 4.98 Å². The summed E-state index contributed by atoms with van der Waals surface area (Å²) >= 11 is 8.72. The van der Waals surface area contributed by atoms with Crippen LogP contribution >= 0.6 is 28.1 Å². The largest absolute Gasteiger partial charge is 0.342 e. The maximum absolute atomic E-state index is 5.24. The zero-order valence-corrected chi connectivity index (χ0v) is 12.1. The van der Waals surface area contributed by atoms with Crippen molar-refractivity contribution in [1.82, 2.24) is 19.7 Å². The first kappa shape index (κ1) is 12.4. The highest BCUT2D eigenvalue weighted by molar-refractivity contribution is 9.10. The highest BCUT2D eigenvalue weighted by Crippen LogP contribution is 2.21. The molecular weight excluding hydrogens is 300 g/mol. The van der Waals surface area contributed by atoms with Gasteiger partial charge in [0.2, 0.25) is 0 Å². The van der Waals surface area contributed by atoms with E-state index in [4.69, 9.17) is 12.2 Å². The molecule has 6 heteroatoms. The lowest BCUT2D eigenvalue weighted by molar-refractivity contribution is 0.768. The van der Waals surface area contributed by atoms with E-state index in [0.717, 1.165) is 34.4 Å². The molecule has 0 aliphatic rings. The summed E-state index contributed by atoms with van der Waals surface area (Å²) in [6.07, 6.45) is 5.69. The highest BCUT2D eigenvalue weighted by atomic mass is 79.9. The molecule has 0 radical (unpaired) electrons. The molecular formula is C11H13BrN4S. The van der Waals surface area contributed by atoms with Gasteiger partial charge in [0.05, 0.1) is 16.2 Å². The molecule has 0 atom stereocenters. The number of aromatic nitrogens is 4. The average Bonchev–Trinajstić information content (AvgIpc) is 2.71. The Morgan fingerprint density at radius 2 is 2.29 bits per heavy atom. The van der Waals surface area contributed by atoms with Crippen LogP contribution in [0.25, 0.3) is 11.4 Å². The first-order chi connectivity index (χ1) is 8.11. The number of aryl methyl sites for hydroxylation is 2. The minimum absolute atomic E-state index is 0.589. The number of halogens is 1. The van der Waals surface area contributed by atoms with E-state index >= 15 is 0 Å². The first-order valence-electron chi connectivity index (χ1n) is 5.39. The van der Waals surface area contributed by atoms with Crippen molar-refractivity contribution in [3.63, 3.8) is 0 Å². The quantitative estimate of drug-likeness (QED) is 0.885. The molecule has 2 aromatic rings. The van der Waals surface area contributed by atoms with Crippen LogP contribution < -0.4 is 0 Å². The molecule has 2 rings (SSSR count). The van der Waals surface area contributed by atoms with Crippen molar-refractivity contribution in [2.45, 2.75) is 19.8 Å². The molecule has 0 bridgehead atoms. The summed E-state index contributed by atoms with van der Waals surface area (Å²) in [5, 5.41) is 4.13. The van der Waals surface area contributed by atoms with E-state index in [9.17, 15) is 0 Å². The first-order valence-corrected chi connectivity index (χ1v) is 6.59. The molecule has 0 fully saturated rings. The molecule has 90 valence electrons. The van der Waals surface area contributed by atoms with Crippen LogP contribution in [0.5, 0.6) is 0 Å². The van der Waals surface area contributed by atoms with Gasteiger partial charge < -0.3 is 4.98 Å². The number of hydrogen-bond donors (Lipinski definition) is 1. The Morgan fingerprint density at radius 1 is 1.53 bits per heavy atom. The van der Waals surface area contributed by atoms with Crippen LogP contribution in [0.2, 0.25) is 0 Å². The van der Waals surface area contributed by atoms with E-state index in [2.05, 4.69) is 37.9 Å². The molecule has 2 aromatic heterocycles. The molecule has 0 aliphatic carbocycles. The number of rotatable bonds is 3.